The lowest BCUT2D eigenvalue weighted by Crippen LogP contribution is -2.20. The Balaban J connectivity index is -0.000000317. The summed E-state index contributed by atoms with van der Waals surface area (Å²) in [5.41, 5.74) is 0. The van der Waals surface area contributed by atoms with Crippen molar-refractivity contribution in [1.29, 1.82) is 10.5 Å². The number of azo groups is 1. The van der Waals surface area contributed by atoms with Gasteiger partial charge in [-0.1, -0.05) is 10.2 Å². The summed E-state index contributed by atoms with van der Waals surface area (Å²) >= 11 is 0. The first kappa shape index (κ1) is 20.6. The Morgan fingerprint density at radius 2 is 1.11 bits per heavy atom. The van der Waals surface area contributed by atoms with Crippen LogP contribution in [0.1, 0.15) is 0 Å². The number of carbonyl (C=O) groups is 3. The van der Waals surface area contributed by atoms with Crippen molar-refractivity contribution in [3.8, 4) is 12.1 Å². The first-order valence-electron chi connectivity index (χ1n) is 4.28. The van der Waals surface area contributed by atoms with Crippen LogP contribution in [0.5, 0.6) is 0 Å². The summed E-state index contributed by atoms with van der Waals surface area (Å²) in [6.45, 7) is 2.00. The van der Waals surface area contributed by atoms with Gasteiger partial charge in [-0.25, -0.2) is 9.59 Å². The van der Waals surface area contributed by atoms with Gasteiger partial charge < -0.3 is 14.6 Å². The van der Waals surface area contributed by atoms with Gasteiger partial charge >= 0.3 is 12.1 Å². The van der Waals surface area contributed by atoms with Gasteiger partial charge in [0, 0.05) is 28.2 Å². The van der Waals surface area contributed by atoms with Gasteiger partial charge in [-0.2, -0.15) is 10.5 Å². The number of carbonyl (C=O) groups excluding carboxylic acids is 3. The predicted octanol–water partition coefficient (Wildman–Crippen LogP) is 0.650. The fourth-order valence-corrected chi connectivity index (χ4v) is 0.264. The number of urea groups is 2. The molecule has 0 N–H and O–H groups in total. The number of hydrogen-bond acceptors (Lipinski definition) is 5. The van der Waals surface area contributed by atoms with E-state index in [0.717, 1.165) is 0 Å². The SMILES string of the molecule is C=O.CN(C)C(=O)N=NC(=O)N(C)C.N#CC#N. The van der Waals surface area contributed by atoms with Crippen LogP contribution < -0.4 is 0 Å². The Morgan fingerprint density at radius 3 is 1.22 bits per heavy atom. The molecule has 0 radical (unpaired) electrons. The minimum atomic E-state index is -0.551. The molecule has 0 saturated carbocycles. The van der Waals surface area contributed by atoms with Crippen molar-refractivity contribution in [3.05, 3.63) is 0 Å². The Labute approximate surface area is 105 Å². The van der Waals surface area contributed by atoms with Crippen molar-refractivity contribution in [3.63, 3.8) is 0 Å². The second-order valence-corrected chi connectivity index (χ2v) is 2.78. The summed E-state index contributed by atoms with van der Waals surface area (Å²) in [7, 11) is 6.12. The molecule has 0 unspecified atom stereocenters. The van der Waals surface area contributed by atoms with Crippen LogP contribution in [0.4, 0.5) is 9.59 Å². The molecule has 0 aromatic heterocycles. The fourth-order valence-electron chi connectivity index (χ4n) is 0.264. The molecule has 0 aliphatic carbocycles. The third kappa shape index (κ3) is 15.7. The molecular weight excluding hydrogens is 240 g/mol. The van der Waals surface area contributed by atoms with E-state index in [-0.39, 0.29) is 0 Å². The summed E-state index contributed by atoms with van der Waals surface area (Å²) in [6, 6.07) is 1.37. The molecule has 0 aromatic rings. The minimum absolute atomic E-state index is 0.551. The van der Waals surface area contributed by atoms with E-state index in [0.29, 0.717) is 0 Å². The normalized spacial score (nSPS) is 7.44. The van der Waals surface area contributed by atoms with Crippen LogP contribution in [0, 0.1) is 22.7 Å². The van der Waals surface area contributed by atoms with E-state index in [1.807, 2.05) is 6.79 Å². The zero-order valence-corrected chi connectivity index (χ0v) is 10.6. The average molecular weight is 254 g/mol. The maximum absolute atomic E-state index is 10.8. The van der Waals surface area contributed by atoms with Crippen LogP contribution in [0.25, 0.3) is 0 Å². The molecule has 0 bridgehead atoms. The molecule has 4 amide bonds. The third-order valence-electron chi connectivity index (χ3n) is 1.04. The van der Waals surface area contributed by atoms with Gasteiger partial charge in [0.2, 0.25) is 0 Å². The summed E-state index contributed by atoms with van der Waals surface area (Å²) < 4.78 is 0. The van der Waals surface area contributed by atoms with Crippen molar-refractivity contribution >= 4 is 18.9 Å². The second kappa shape index (κ2) is 14.2. The van der Waals surface area contributed by atoms with Gasteiger partial charge in [0.25, 0.3) is 0 Å². The Hall–Kier alpha value is -2.81. The molecule has 98 valence electrons. The van der Waals surface area contributed by atoms with Crippen LogP contribution in [0.15, 0.2) is 10.2 Å². The zero-order chi connectivity index (χ0) is 15.1. The number of nitriles is 2. The average Bonchev–Trinajstić information content (AvgIpc) is 2.37. The van der Waals surface area contributed by atoms with Gasteiger partial charge in [0.15, 0.2) is 12.1 Å². The molecular formula is C9H14N6O3. The third-order valence-corrected chi connectivity index (χ3v) is 1.04. The number of nitrogens with zero attached hydrogens (tertiary/aromatic N) is 6. The summed E-state index contributed by atoms with van der Waals surface area (Å²) in [5.74, 6) is 0. The molecule has 0 atom stereocenters. The quantitative estimate of drug-likeness (QED) is 0.585. The molecule has 0 saturated heterocycles. The monoisotopic (exact) mass is 254 g/mol. The van der Waals surface area contributed by atoms with Crippen molar-refractivity contribution in [1.82, 2.24) is 9.80 Å². The molecule has 0 spiro atoms. The molecule has 0 aromatic carbocycles. The van der Waals surface area contributed by atoms with Gasteiger partial charge in [0.05, 0.1) is 0 Å². The van der Waals surface area contributed by atoms with Crippen molar-refractivity contribution in [2.75, 3.05) is 28.2 Å². The molecule has 0 heterocycles. The summed E-state index contributed by atoms with van der Waals surface area (Å²) in [5, 5.41) is 20.9. The number of rotatable bonds is 0. The maximum atomic E-state index is 10.8. The van der Waals surface area contributed by atoms with E-state index < -0.39 is 12.1 Å². The van der Waals surface area contributed by atoms with E-state index in [9.17, 15) is 9.59 Å². The summed E-state index contributed by atoms with van der Waals surface area (Å²) in [6.07, 6.45) is 0. The Bertz CT molecular complexity index is 329. The highest BCUT2D eigenvalue weighted by atomic mass is 16.2. The second-order valence-electron chi connectivity index (χ2n) is 2.78. The van der Waals surface area contributed by atoms with Gasteiger partial charge in [-0.05, 0) is 0 Å². The van der Waals surface area contributed by atoms with Gasteiger partial charge in [-0.3, -0.25) is 0 Å². The van der Waals surface area contributed by atoms with E-state index in [2.05, 4.69) is 10.2 Å². The smallest absolute Gasteiger partial charge is 0.328 e. The van der Waals surface area contributed by atoms with Crippen LogP contribution in [0.2, 0.25) is 0 Å². The highest BCUT2D eigenvalue weighted by Crippen LogP contribution is 1.89. The van der Waals surface area contributed by atoms with Crippen LogP contribution in [-0.2, 0) is 4.79 Å². The van der Waals surface area contributed by atoms with Gasteiger partial charge in [0.1, 0.15) is 6.79 Å². The molecule has 9 heteroatoms. The fraction of sp³-hybridized carbons (Fsp3) is 0.444. The van der Waals surface area contributed by atoms with Crippen molar-refractivity contribution in [2.24, 2.45) is 10.2 Å². The lowest BCUT2D eigenvalue weighted by Gasteiger charge is -2.05. The van der Waals surface area contributed by atoms with E-state index >= 15 is 0 Å². The topological polar surface area (TPSA) is 130 Å². The summed E-state index contributed by atoms with van der Waals surface area (Å²) in [4.78, 5) is 32.0. The van der Waals surface area contributed by atoms with E-state index in [1.165, 1.54) is 50.1 Å². The Morgan fingerprint density at radius 1 is 0.889 bits per heavy atom. The minimum Gasteiger partial charge on any atom is -0.328 e. The van der Waals surface area contributed by atoms with Crippen LogP contribution in [0.3, 0.4) is 0 Å². The zero-order valence-electron chi connectivity index (χ0n) is 10.6. The molecule has 0 rings (SSSR count). The predicted molar refractivity (Wildman–Crippen MR) is 61.4 cm³/mol. The molecule has 18 heavy (non-hydrogen) atoms. The maximum Gasteiger partial charge on any atom is 0.361 e. The van der Waals surface area contributed by atoms with Gasteiger partial charge in [-0.15, -0.1) is 0 Å². The highest BCUT2D eigenvalue weighted by molar-refractivity contribution is 5.79. The molecule has 0 aliphatic rings. The standard InChI is InChI=1S/C6H12N4O2.C2N2.CH2O/c1-9(2)5(11)7-8-6(12)10(3)4;3-1-2-4;1-2/h1-4H3;;1H2. The highest BCUT2D eigenvalue weighted by Gasteiger charge is 2.03. The molecule has 0 aliphatic heterocycles. The lowest BCUT2D eigenvalue weighted by molar-refractivity contribution is -0.0980. The lowest BCUT2D eigenvalue weighted by atomic mass is 10.8. The largest absolute Gasteiger partial charge is 0.361 e. The first-order valence-corrected chi connectivity index (χ1v) is 4.28. The molecule has 0 fully saturated rings. The first-order chi connectivity index (χ1) is 8.36. The van der Waals surface area contributed by atoms with Crippen LogP contribution >= 0.6 is 0 Å². The number of amides is 4. The van der Waals surface area contributed by atoms with E-state index in [4.69, 9.17) is 15.3 Å². The Kier molecular flexibility index (Phi) is 16.2. The van der Waals surface area contributed by atoms with Crippen molar-refractivity contribution in [2.45, 2.75) is 0 Å². The molecule has 9 nitrogen and oxygen atoms in total. The van der Waals surface area contributed by atoms with Crippen LogP contribution in [-0.4, -0.2) is 56.8 Å². The van der Waals surface area contributed by atoms with E-state index in [1.54, 1.807) is 0 Å². The van der Waals surface area contributed by atoms with Crippen molar-refractivity contribution < 1.29 is 14.4 Å². The number of hydrogen-bond donors (Lipinski definition) is 0.